The van der Waals surface area contributed by atoms with E-state index in [0.29, 0.717) is 18.3 Å². The molecule has 0 heterocycles. The second kappa shape index (κ2) is 5.14. The molecule has 0 aliphatic rings. The summed E-state index contributed by atoms with van der Waals surface area (Å²) in [6, 6.07) is -0.696. The lowest BCUT2D eigenvalue weighted by Gasteiger charge is -2.15. The standard InChI is InChI=1S/C9H19NO2/c1-6(2)4-7(3)5-8(10)9(11)12/h6-8H,4-5,10H2,1-3H3,(H,11,12)/t7?,8-/m0/s1. The van der Waals surface area contributed by atoms with Gasteiger partial charge in [-0.15, -0.1) is 0 Å². The Bertz CT molecular complexity index is 145. The summed E-state index contributed by atoms with van der Waals surface area (Å²) in [5, 5.41) is 8.54. The first kappa shape index (κ1) is 11.4. The second-order valence-electron chi connectivity index (χ2n) is 3.92. The topological polar surface area (TPSA) is 63.3 Å². The van der Waals surface area contributed by atoms with Crippen LogP contribution in [0.3, 0.4) is 0 Å². The highest BCUT2D eigenvalue weighted by molar-refractivity contribution is 5.72. The zero-order valence-corrected chi connectivity index (χ0v) is 8.08. The van der Waals surface area contributed by atoms with Gasteiger partial charge in [-0.2, -0.15) is 0 Å². The molecule has 3 nitrogen and oxygen atoms in total. The maximum Gasteiger partial charge on any atom is 0.320 e. The number of carboxylic acid groups (broad SMARTS) is 1. The summed E-state index contributed by atoms with van der Waals surface area (Å²) >= 11 is 0. The molecule has 1 unspecified atom stereocenters. The minimum atomic E-state index is -0.898. The van der Waals surface area contributed by atoms with Crippen molar-refractivity contribution in [2.45, 2.75) is 39.7 Å². The van der Waals surface area contributed by atoms with Crippen molar-refractivity contribution < 1.29 is 9.90 Å². The van der Waals surface area contributed by atoms with Gasteiger partial charge in [-0.3, -0.25) is 4.79 Å². The molecule has 0 spiro atoms. The van der Waals surface area contributed by atoms with Gasteiger partial charge in [0.25, 0.3) is 0 Å². The fourth-order valence-electron chi connectivity index (χ4n) is 1.44. The predicted octanol–water partition coefficient (Wildman–Crippen LogP) is 1.47. The van der Waals surface area contributed by atoms with Crippen molar-refractivity contribution in [1.29, 1.82) is 0 Å². The molecule has 3 N–H and O–H groups in total. The molecule has 2 atom stereocenters. The van der Waals surface area contributed by atoms with E-state index < -0.39 is 12.0 Å². The SMILES string of the molecule is CC(C)CC(C)C[C@H](N)C(=O)O. The number of hydrogen-bond donors (Lipinski definition) is 2. The van der Waals surface area contributed by atoms with Crippen LogP contribution in [0.4, 0.5) is 0 Å². The van der Waals surface area contributed by atoms with E-state index in [4.69, 9.17) is 10.8 Å². The number of carboxylic acids is 1. The Hall–Kier alpha value is -0.570. The third-order valence-electron chi connectivity index (χ3n) is 1.85. The Morgan fingerprint density at radius 1 is 1.33 bits per heavy atom. The molecule has 72 valence electrons. The first-order valence-electron chi connectivity index (χ1n) is 4.41. The van der Waals surface area contributed by atoms with Crippen LogP contribution >= 0.6 is 0 Å². The van der Waals surface area contributed by atoms with Gasteiger partial charge in [0.15, 0.2) is 0 Å². The largest absolute Gasteiger partial charge is 0.480 e. The summed E-state index contributed by atoms with van der Waals surface area (Å²) in [4.78, 5) is 10.4. The monoisotopic (exact) mass is 173 g/mol. The fraction of sp³-hybridized carbons (Fsp3) is 0.889. The van der Waals surface area contributed by atoms with Gasteiger partial charge in [0.2, 0.25) is 0 Å². The maximum atomic E-state index is 10.4. The van der Waals surface area contributed by atoms with E-state index in [1.54, 1.807) is 0 Å². The minimum Gasteiger partial charge on any atom is -0.480 e. The van der Waals surface area contributed by atoms with Crippen molar-refractivity contribution in [3.63, 3.8) is 0 Å². The molecule has 0 bridgehead atoms. The quantitative estimate of drug-likeness (QED) is 0.661. The summed E-state index contributed by atoms with van der Waals surface area (Å²) in [7, 11) is 0. The number of nitrogens with two attached hydrogens (primary N) is 1. The van der Waals surface area contributed by atoms with E-state index in [0.717, 1.165) is 6.42 Å². The maximum absolute atomic E-state index is 10.4. The molecule has 12 heavy (non-hydrogen) atoms. The van der Waals surface area contributed by atoms with Crippen molar-refractivity contribution in [1.82, 2.24) is 0 Å². The molecule has 0 aliphatic carbocycles. The highest BCUT2D eigenvalue weighted by Crippen LogP contribution is 2.15. The zero-order chi connectivity index (χ0) is 9.72. The van der Waals surface area contributed by atoms with E-state index in [9.17, 15) is 4.79 Å². The second-order valence-corrected chi connectivity index (χ2v) is 3.92. The van der Waals surface area contributed by atoms with Crippen molar-refractivity contribution in [2.24, 2.45) is 17.6 Å². The summed E-state index contributed by atoms with van der Waals surface area (Å²) in [5.41, 5.74) is 5.39. The molecular weight excluding hydrogens is 154 g/mol. The lowest BCUT2D eigenvalue weighted by Crippen LogP contribution is -2.32. The summed E-state index contributed by atoms with van der Waals surface area (Å²) < 4.78 is 0. The summed E-state index contributed by atoms with van der Waals surface area (Å²) in [6.45, 7) is 6.30. The van der Waals surface area contributed by atoms with Gasteiger partial charge in [0.1, 0.15) is 6.04 Å². The van der Waals surface area contributed by atoms with Crippen LogP contribution in [0, 0.1) is 11.8 Å². The lowest BCUT2D eigenvalue weighted by atomic mass is 9.93. The van der Waals surface area contributed by atoms with E-state index >= 15 is 0 Å². The number of aliphatic carboxylic acids is 1. The smallest absolute Gasteiger partial charge is 0.320 e. The Morgan fingerprint density at radius 3 is 2.17 bits per heavy atom. The van der Waals surface area contributed by atoms with Crippen molar-refractivity contribution in [2.75, 3.05) is 0 Å². The summed E-state index contributed by atoms with van der Waals surface area (Å²) in [6.07, 6.45) is 1.62. The highest BCUT2D eigenvalue weighted by Gasteiger charge is 2.15. The number of rotatable bonds is 5. The van der Waals surface area contributed by atoms with Crippen molar-refractivity contribution in [3.8, 4) is 0 Å². The van der Waals surface area contributed by atoms with Gasteiger partial charge in [-0.1, -0.05) is 20.8 Å². The summed E-state index contributed by atoms with van der Waals surface area (Å²) in [5.74, 6) is 0.114. The van der Waals surface area contributed by atoms with Gasteiger partial charge in [0.05, 0.1) is 0 Å². The first-order valence-corrected chi connectivity index (χ1v) is 4.41. The van der Waals surface area contributed by atoms with Gasteiger partial charge in [-0.25, -0.2) is 0 Å². The zero-order valence-electron chi connectivity index (χ0n) is 8.08. The molecule has 0 radical (unpaired) electrons. The predicted molar refractivity (Wildman–Crippen MR) is 48.8 cm³/mol. The van der Waals surface area contributed by atoms with Crippen LogP contribution in [-0.4, -0.2) is 17.1 Å². The number of carbonyl (C=O) groups is 1. The van der Waals surface area contributed by atoms with E-state index in [1.807, 2.05) is 6.92 Å². The van der Waals surface area contributed by atoms with Crippen LogP contribution in [0.15, 0.2) is 0 Å². The van der Waals surface area contributed by atoms with Crippen LogP contribution in [-0.2, 0) is 4.79 Å². The molecule has 0 fully saturated rings. The Balaban J connectivity index is 3.68. The first-order chi connectivity index (χ1) is 5.43. The van der Waals surface area contributed by atoms with Gasteiger partial charge < -0.3 is 10.8 Å². The molecular formula is C9H19NO2. The Morgan fingerprint density at radius 2 is 1.83 bits per heavy atom. The fourth-order valence-corrected chi connectivity index (χ4v) is 1.44. The van der Waals surface area contributed by atoms with E-state index in [-0.39, 0.29) is 0 Å². The normalized spacial score (nSPS) is 16.1. The molecule has 0 aliphatic heterocycles. The van der Waals surface area contributed by atoms with Gasteiger partial charge in [0, 0.05) is 0 Å². The van der Waals surface area contributed by atoms with Gasteiger partial charge in [-0.05, 0) is 24.7 Å². The molecule has 0 saturated heterocycles. The van der Waals surface area contributed by atoms with E-state index in [2.05, 4.69) is 13.8 Å². The Kier molecular flexibility index (Phi) is 4.90. The van der Waals surface area contributed by atoms with Crippen LogP contribution in [0.1, 0.15) is 33.6 Å². The third kappa shape index (κ3) is 5.13. The Labute approximate surface area is 74.0 Å². The lowest BCUT2D eigenvalue weighted by molar-refractivity contribution is -0.138. The van der Waals surface area contributed by atoms with Crippen LogP contribution in [0.25, 0.3) is 0 Å². The average molecular weight is 173 g/mol. The van der Waals surface area contributed by atoms with Crippen molar-refractivity contribution >= 4 is 5.97 Å². The minimum absolute atomic E-state index is 0.399. The number of hydrogen-bond acceptors (Lipinski definition) is 2. The average Bonchev–Trinajstić information content (AvgIpc) is 1.84. The highest BCUT2D eigenvalue weighted by atomic mass is 16.4. The van der Waals surface area contributed by atoms with Crippen molar-refractivity contribution in [3.05, 3.63) is 0 Å². The van der Waals surface area contributed by atoms with Gasteiger partial charge >= 0.3 is 5.97 Å². The van der Waals surface area contributed by atoms with Crippen LogP contribution in [0.5, 0.6) is 0 Å². The van der Waals surface area contributed by atoms with Crippen LogP contribution < -0.4 is 5.73 Å². The molecule has 0 aromatic rings. The van der Waals surface area contributed by atoms with E-state index in [1.165, 1.54) is 0 Å². The molecule has 0 saturated carbocycles. The third-order valence-corrected chi connectivity index (χ3v) is 1.85. The van der Waals surface area contributed by atoms with Crippen LogP contribution in [0.2, 0.25) is 0 Å². The molecule has 3 heteroatoms. The molecule has 0 amide bonds. The molecule has 0 aromatic heterocycles. The molecule has 0 rings (SSSR count). The molecule has 0 aromatic carbocycles.